The van der Waals surface area contributed by atoms with Crippen molar-refractivity contribution in [3.8, 4) is 11.8 Å². The van der Waals surface area contributed by atoms with Gasteiger partial charge < -0.3 is 5.11 Å². The van der Waals surface area contributed by atoms with Gasteiger partial charge in [0.1, 0.15) is 5.60 Å². The fraction of sp³-hybridized carbons (Fsp3) is 0.680. The number of likely N-dealkylation sites (tertiary alicyclic amines) is 1. The Morgan fingerprint density at radius 2 is 1.74 bits per heavy atom. The maximum absolute atomic E-state index is 11.5. The molecule has 2 heteroatoms. The first-order chi connectivity index (χ1) is 12.4. The topological polar surface area (TPSA) is 23.5 Å². The van der Waals surface area contributed by atoms with Gasteiger partial charge in [0.2, 0.25) is 0 Å². The number of rotatable bonds is 3. The van der Waals surface area contributed by atoms with Crippen molar-refractivity contribution in [1.82, 2.24) is 4.90 Å². The van der Waals surface area contributed by atoms with Gasteiger partial charge in [0.25, 0.3) is 0 Å². The van der Waals surface area contributed by atoms with Crippen LogP contribution in [0.1, 0.15) is 72.8 Å². The average molecular weight is 368 g/mol. The third-order valence-corrected chi connectivity index (χ3v) is 6.77. The molecule has 2 fully saturated rings. The Bertz CT molecular complexity index is 720. The Morgan fingerprint density at radius 1 is 1.07 bits per heavy atom. The number of nitrogens with zero attached hydrogens (tertiary/aromatic N) is 1. The summed E-state index contributed by atoms with van der Waals surface area (Å²) in [5, 5.41) is 11.5. The van der Waals surface area contributed by atoms with Crippen LogP contribution in [0.5, 0.6) is 0 Å². The van der Waals surface area contributed by atoms with Crippen molar-refractivity contribution in [2.75, 3.05) is 13.1 Å². The van der Waals surface area contributed by atoms with Crippen LogP contribution in [-0.2, 0) is 5.60 Å². The van der Waals surface area contributed by atoms with Crippen molar-refractivity contribution < 1.29 is 5.11 Å². The van der Waals surface area contributed by atoms with Gasteiger partial charge in [0.15, 0.2) is 0 Å². The highest BCUT2D eigenvalue weighted by Gasteiger charge is 2.49. The fourth-order valence-electron chi connectivity index (χ4n) is 5.62. The SMILES string of the molecule is CC1(C)C[C@H]2C[C@@](C)(CN2CC#CC[C@@](O)(c2ccccc2)C(C)(C)C)C1. The van der Waals surface area contributed by atoms with E-state index < -0.39 is 5.60 Å². The van der Waals surface area contributed by atoms with E-state index >= 15 is 0 Å². The molecule has 1 aromatic rings. The lowest BCUT2D eigenvalue weighted by Crippen LogP contribution is -2.39. The summed E-state index contributed by atoms with van der Waals surface area (Å²) in [7, 11) is 0. The number of benzene rings is 1. The third-order valence-electron chi connectivity index (χ3n) is 6.77. The van der Waals surface area contributed by atoms with Crippen LogP contribution >= 0.6 is 0 Å². The first-order valence-corrected chi connectivity index (χ1v) is 10.4. The van der Waals surface area contributed by atoms with Crippen LogP contribution in [0.25, 0.3) is 0 Å². The predicted molar refractivity (Wildman–Crippen MR) is 113 cm³/mol. The summed E-state index contributed by atoms with van der Waals surface area (Å²) >= 11 is 0. The van der Waals surface area contributed by atoms with Gasteiger partial charge in [-0.05, 0) is 41.1 Å². The molecule has 0 aromatic heterocycles. The molecule has 148 valence electrons. The zero-order chi connectivity index (χ0) is 19.9. The summed E-state index contributed by atoms with van der Waals surface area (Å²) in [5.74, 6) is 6.73. The van der Waals surface area contributed by atoms with Gasteiger partial charge in [-0.1, -0.05) is 83.7 Å². The quantitative estimate of drug-likeness (QED) is 0.741. The van der Waals surface area contributed by atoms with Crippen molar-refractivity contribution in [2.24, 2.45) is 16.2 Å². The summed E-state index contributed by atoms with van der Waals surface area (Å²) in [6, 6.07) is 10.7. The van der Waals surface area contributed by atoms with Crippen LogP contribution in [-0.4, -0.2) is 29.1 Å². The van der Waals surface area contributed by atoms with E-state index in [0.717, 1.165) is 18.7 Å². The summed E-state index contributed by atoms with van der Waals surface area (Å²) in [5.41, 5.74) is 0.642. The highest BCUT2D eigenvalue weighted by molar-refractivity contribution is 5.27. The first-order valence-electron chi connectivity index (χ1n) is 10.4. The van der Waals surface area contributed by atoms with Crippen molar-refractivity contribution in [3.05, 3.63) is 35.9 Å². The lowest BCUT2D eigenvalue weighted by Gasteiger charge is -2.40. The Labute approximate surface area is 166 Å². The standard InChI is InChI=1S/C25H37NO/c1-22(2,3)25(27,20-12-8-7-9-13-20)14-10-11-15-26-19-24(6)17-21(26)16-23(4,5)18-24/h7-9,12-13,21,27H,14-19H2,1-6H3/t21-,24+,25+/m0/s1. The average Bonchev–Trinajstić information content (AvgIpc) is 2.79. The highest BCUT2D eigenvalue weighted by atomic mass is 16.3. The Hall–Kier alpha value is -1.30. The Morgan fingerprint density at radius 3 is 2.37 bits per heavy atom. The normalized spacial score (nSPS) is 29.7. The second-order valence-corrected chi connectivity index (χ2v) is 11.1. The van der Waals surface area contributed by atoms with E-state index in [-0.39, 0.29) is 5.41 Å². The summed E-state index contributed by atoms with van der Waals surface area (Å²) in [6.07, 6.45) is 4.38. The zero-order valence-electron chi connectivity index (χ0n) is 18.1. The molecular formula is C25H37NO. The van der Waals surface area contributed by atoms with Crippen LogP contribution < -0.4 is 0 Å². The van der Waals surface area contributed by atoms with Crippen LogP contribution in [0.2, 0.25) is 0 Å². The van der Waals surface area contributed by atoms with Crippen LogP contribution in [0, 0.1) is 28.1 Å². The molecule has 2 nitrogen and oxygen atoms in total. The van der Waals surface area contributed by atoms with Gasteiger partial charge in [-0.15, -0.1) is 0 Å². The molecule has 0 radical (unpaired) electrons. The van der Waals surface area contributed by atoms with Gasteiger partial charge in [-0.2, -0.15) is 0 Å². The van der Waals surface area contributed by atoms with Gasteiger partial charge in [0.05, 0.1) is 6.54 Å². The fourth-order valence-corrected chi connectivity index (χ4v) is 5.62. The molecule has 3 atom stereocenters. The maximum atomic E-state index is 11.5. The minimum atomic E-state index is -0.934. The van der Waals surface area contributed by atoms with E-state index in [1.165, 1.54) is 19.3 Å². The van der Waals surface area contributed by atoms with Crippen molar-refractivity contribution in [1.29, 1.82) is 0 Å². The zero-order valence-corrected chi connectivity index (χ0v) is 18.1. The summed E-state index contributed by atoms with van der Waals surface area (Å²) in [4.78, 5) is 2.58. The van der Waals surface area contributed by atoms with Crippen molar-refractivity contribution in [3.63, 3.8) is 0 Å². The first kappa shape index (κ1) is 20.4. The molecule has 2 aliphatic rings. The molecule has 1 aliphatic carbocycles. The van der Waals surface area contributed by atoms with Gasteiger partial charge in [-0.3, -0.25) is 4.90 Å². The van der Waals surface area contributed by atoms with Gasteiger partial charge in [-0.25, -0.2) is 0 Å². The van der Waals surface area contributed by atoms with E-state index in [4.69, 9.17) is 0 Å². The van der Waals surface area contributed by atoms with Crippen molar-refractivity contribution in [2.45, 2.75) is 78.9 Å². The number of fused-ring (bicyclic) bond motifs is 2. The molecule has 1 N–H and O–H groups in total. The molecule has 3 rings (SSSR count). The monoisotopic (exact) mass is 367 g/mol. The van der Waals surface area contributed by atoms with Crippen LogP contribution in [0.15, 0.2) is 30.3 Å². The largest absolute Gasteiger partial charge is 0.384 e. The van der Waals surface area contributed by atoms with Gasteiger partial charge >= 0.3 is 0 Å². The molecule has 1 saturated carbocycles. The van der Waals surface area contributed by atoms with Crippen LogP contribution in [0.4, 0.5) is 0 Å². The molecule has 1 aliphatic heterocycles. The highest BCUT2D eigenvalue weighted by Crippen LogP contribution is 2.52. The third kappa shape index (κ3) is 4.25. The molecule has 0 amide bonds. The molecule has 2 bridgehead atoms. The molecule has 0 spiro atoms. The molecule has 1 saturated heterocycles. The molecular weight excluding hydrogens is 330 g/mol. The van der Waals surface area contributed by atoms with Gasteiger partial charge in [0, 0.05) is 19.0 Å². The molecule has 0 unspecified atom stereocenters. The molecule has 27 heavy (non-hydrogen) atoms. The smallest absolute Gasteiger partial charge is 0.105 e. The minimum absolute atomic E-state index is 0.273. The molecule has 1 heterocycles. The molecule has 1 aromatic carbocycles. The van der Waals surface area contributed by atoms with E-state index in [9.17, 15) is 5.11 Å². The summed E-state index contributed by atoms with van der Waals surface area (Å²) < 4.78 is 0. The van der Waals surface area contributed by atoms with E-state index in [1.807, 2.05) is 30.3 Å². The van der Waals surface area contributed by atoms with E-state index in [0.29, 0.717) is 23.3 Å². The maximum Gasteiger partial charge on any atom is 0.105 e. The lowest BCUT2D eigenvalue weighted by atomic mass is 9.65. The minimum Gasteiger partial charge on any atom is -0.384 e. The predicted octanol–water partition coefficient (Wildman–Crippen LogP) is 5.21. The second-order valence-electron chi connectivity index (χ2n) is 11.1. The number of hydrogen-bond acceptors (Lipinski definition) is 2. The number of hydrogen-bond donors (Lipinski definition) is 1. The Kier molecular flexibility index (Phi) is 5.26. The van der Waals surface area contributed by atoms with Crippen LogP contribution in [0.3, 0.4) is 0 Å². The Balaban J connectivity index is 1.69. The van der Waals surface area contributed by atoms with E-state index in [2.05, 4.69) is 58.3 Å². The lowest BCUT2D eigenvalue weighted by molar-refractivity contribution is -0.0599. The van der Waals surface area contributed by atoms with Crippen molar-refractivity contribution >= 4 is 0 Å². The number of aliphatic hydroxyl groups is 1. The second kappa shape index (κ2) is 6.94. The van der Waals surface area contributed by atoms with E-state index in [1.54, 1.807) is 0 Å². The summed E-state index contributed by atoms with van der Waals surface area (Å²) in [6.45, 7) is 15.5.